The van der Waals surface area contributed by atoms with Crippen molar-refractivity contribution in [2.24, 2.45) is 17.6 Å². The Labute approximate surface area is 95.8 Å². The van der Waals surface area contributed by atoms with Gasteiger partial charge in [0.2, 0.25) is 0 Å². The van der Waals surface area contributed by atoms with Crippen molar-refractivity contribution in [2.45, 2.75) is 30.8 Å². The maximum absolute atomic E-state index is 14.7. The predicted octanol–water partition coefficient (Wildman–Crippen LogP) is 2.87. The zero-order valence-electron chi connectivity index (χ0n) is 9.40. The van der Waals surface area contributed by atoms with Gasteiger partial charge in [-0.05, 0) is 36.7 Å². The van der Waals surface area contributed by atoms with Crippen LogP contribution in [0, 0.1) is 11.8 Å². The van der Waals surface area contributed by atoms with Crippen molar-refractivity contribution in [2.75, 3.05) is 6.54 Å². The van der Waals surface area contributed by atoms with Gasteiger partial charge in [0.1, 0.15) is 5.67 Å². The van der Waals surface area contributed by atoms with E-state index in [0.717, 1.165) is 19.3 Å². The van der Waals surface area contributed by atoms with Gasteiger partial charge in [-0.15, -0.1) is 0 Å². The zero-order valence-corrected chi connectivity index (χ0v) is 9.40. The maximum atomic E-state index is 14.7. The second-order valence-electron chi connectivity index (χ2n) is 5.26. The van der Waals surface area contributed by atoms with Gasteiger partial charge in [0.05, 0.1) is 0 Å². The molecule has 2 aliphatic carbocycles. The summed E-state index contributed by atoms with van der Waals surface area (Å²) in [6, 6.07) is 10.3. The van der Waals surface area contributed by atoms with Crippen molar-refractivity contribution in [3.05, 3.63) is 35.9 Å². The molecule has 1 aromatic carbocycles. The molecule has 0 aromatic heterocycles. The van der Waals surface area contributed by atoms with Crippen LogP contribution < -0.4 is 5.73 Å². The minimum absolute atomic E-state index is 0.174. The molecule has 2 N–H and O–H groups in total. The summed E-state index contributed by atoms with van der Waals surface area (Å²) in [5.41, 5.74) is 5.85. The summed E-state index contributed by atoms with van der Waals surface area (Å²) in [6.45, 7) is 0.200. The molecule has 0 saturated heterocycles. The average Bonchev–Trinajstić information content (AvgIpc) is 3.20. The summed E-state index contributed by atoms with van der Waals surface area (Å²) in [6.07, 6.45) is 3.05. The highest BCUT2D eigenvalue weighted by molar-refractivity contribution is 5.29. The van der Waals surface area contributed by atoms with E-state index < -0.39 is 5.67 Å². The predicted molar refractivity (Wildman–Crippen MR) is 62.9 cm³/mol. The van der Waals surface area contributed by atoms with Crippen LogP contribution in [0.3, 0.4) is 0 Å². The van der Waals surface area contributed by atoms with Gasteiger partial charge in [0, 0.05) is 12.5 Å². The molecule has 86 valence electrons. The van der Waals surface area contributed by atoms with Crippen LogP contribution in [0.5, 0.6) is 0 Å². The highest BCUT2D eigenvalue weighted by Gasteiger charge is 2.59. The number of nitrogens with two attached hydrogens (primary N) is 1. The van der Waals surface area contributed by atoms with Crippen molar-refractivity contribution in [3.8, 4) is 0 Å². The lowest BCUT2D eigenvalue weighted by Gasteiger charge is -2.23. The van der Waals surface area contributed by atoms with Gasteiger partial charge in [-0.3, -0.25) is 0 Å². The van der Waals surface area contributed by atoms with Gasteiger partial charge >= 0.3 is 0 Å². The van der Waals surface area contributed by atoms with Crippen LogP contribution in [0.25, 0.3) is 0 Å². The van der Waals surface area contributed by atoms with E-state index in [-0.39, 0.29) is 18.4 Å². The van der Waals surface area contributed by atoms with Crippen LogP contribution in [0.15, 0.2) is 30.3 Å². The Morgan fingerprint density at radius 3 is 2.50 bits per heavy atom. The lowest BCUT2D eigenvalue weighted by Crippen LogP contribution is -2.38. The number of hydrogen-bond donors (Lipinski definition) is 1. The Morgan fingerprint density at radius 1 is 1.25 bits per heavy atom. The van der Waals surface area contributed by atoms with E-state index in [1.54, 1.807) is 0 Å². The van der Waals surface area contributed by atoms with Gasteiger partial charge in [-0.2, -0.15) is 0 Å². The number of rotatable bonds is 4. The fraction of sp³-hybridized carbons (Fsp3) is 0.571. The fourth-order valence-corrected chi connectivity index (χ4v) is 2.98. The third-order valence-corrected chi connectivity index (χ3v) is 4.20. The van der Waals surface area contributed by atoms with Crippen molar-refractivity contribution in [3.63, 3.8) is 0 Å². The lowest BCUT2D eigenvalue weighted by atomic mass is 9.91. The van der Waals surface area contributed by atoms with Gasteiger partial charge < -0.3 is 5.73 Å². The smallest absolute Gasteiger partial charge is 0.129 e. The molecule has 0 aliphatic heterocycles. The molecular formula is C14H18FN. The lowest BCUT2D eigenvalue weighted by molar-refractivity contribution is 0.110. The van der Waals surface area contributed by atoms with E-state index in [1.165, 1.54) is 5.56 Å². The Morgan fingerprint density at radius 2 is 1.94 bits per heavy atom. The second kappa shape index (κ2) is 3.56. The van der Waals surface area contributed by atoms with E-state index in [4.69, 9.17) is 5.73 Å². The van der Waals surface area contributed by atoms with Gasteiger partial charge in [0.25, 0.3) is 0 Å². The minimum Gasteiger partial charge on any atom is -0.328 e. The Hall–Kier alpha value is -0.890. The number of benzene rings is 1. The molecule has 3 unspecified atom stereocenters. The topological polar surface area (TPSA) is 26.0 Å². The molecule has 2 fully saturated rings. The average molecular weight is 219 g/mol. The summed E-state index contributed by atoms with van der Waals surface area (Å²) >= 11 is 0. The Kier molecular flexibility index (Phi) is 2.28. The van der Waals surface area contributed by atoms with E-state index in [2.05, 4.69) is 12.1 Å². The number of alkyl halides is 1. The first-order chi connectivity index (χ1) is 7.75. The van der Waals surface area contributed by atoms with Crippen LogP contribution in [0.2, 0.25) is 0 Å². The van der Waals surface area contributed by atoms with Crippen LogP contribution in [0.1, 0.15) is 30.7 Å². The number of halogens is 1. The Bertz CT molecular complexity index is 374. The van der Waals surface area contributed by atoms with Crippen molar-refractivity contribution in [1.29, 1.82) is 0 Å². The second-order valence-corrected chi connectivity index (χ2v) is 5.26. The first-order valence-corrected chi connectivity index (χ1v) is 6.19. The summed E-state index contributed by atoms with van der Waals surface area (Å²) in [7, 11) is 0. The third kappa shape index (κ3) is 1.56. The van der Waals surface area contributed by atoms with E-state index in [1.807, 2.05) is 18.2 Å². The first kappa shape index (κ1) is 10.3. The standard InChI is InChI=1S/C14H18FN/c15-14(9-16,11-6-7-11)13-8-12(13)10-4-2-1-3-5-10/h1-5,11-13H,6-9,16H2. The third-order valence-electron chi connectivity index (χ3n) is 4.20. The first-order valence-electron chi connectivity index (χ1n) is 6.19. The molecule has 0 amide bonds. The highest BCUT2D eigenvalue weighted by atomic mass is 19.1. The quantitative estimate of drug-likeness (QED) is 0.828. The van der Waals surface area contributed by atoms with Crippen LogP contribution in [-0.2, 0) is 0 Å². The van der Waals surface area contributed by atoms with Gasteiger partial charge in [-0.25, -0.2) is 4.39 Å². The molecule has 2 heteroatoms. The molecule has 2 saturated carbocycles. The molecule has 1 nitrogen and oxygen atoms in total. The molecule has 0 bridgehead atoms. The molecule has 3 atom stereocenters. The maximum Gasteiger partial charge on any atom is 0.129 e. The SMILES string of the molecule is NCC(F)(C1CC1)C1CC1c1ccccc1. The van der Waals surface area contributed by atoms with Gasteiger partial charge in [-0.1, -0.05) is 30.3 Å². The van der Waals surface area contributed by atoms with E-state index in [0.29, 0.717) is 5.92 Å². The van der Waals surface area contributed by atoms with Crippen LogP contribution >= 0.6 is 0 Å². The molecule has 0 heterocycles. The molecule has 0 spiro atoms. The molecule has 16 heavy (non-hydrogen) atoms. The van der Waals surface area contributed by atoms with Crippen LogP contribution in [0.4, 0.5) is 4.39 Å². The van der Waals surface area contributed by atoms with Crippen molar-refractivity contribution < 1.29 is 4.39 Å². The monoisotopic (exact) mass is 219 g/mol. The fourth-order valence-electron chi connectivity index (χ4n) is 2.98. The molecule has 1 aromatic rings. The highest BCUT2D eigenvalue weighted by Crippen LogP contribution is 2.60. The van der Waals surface area contributed by atoms with Crippen molar-refractivity contribution >= 4 is 0 Å². The van der Waals surface area contributed by atoms with E-state index in [9.17, 15) is 4.39 Å². The summed E-state index contributed by atoms with van der Waals surface area (Å²) < 4.78 is 14.7. The number of hydrogen-bond acceptors (Lipinski definition) is 1. The minimum atomic E-state index is -1.08. The van der Waals surface area contributed by atoms with Crippen LogP contribution in [-0.4, -0.2) is 12.2 Å². The summed E-state index contributed by atoms with van der Waals surface area (Å²) in [4.78, 5) is 0. The largest absolute Gasteiger partial charge is 0.328 e. The Balaban J connectivity index is 1.75. The summed E-state index contributed by atoms with van der Waals surface area (Å²) in [5.74, 6) is 0.832. The van der Waals surface area contributed by atoms with Gasteiger partial charge in [0.15, 0.2) is 0 Å². The molecule has 3 rings (SSSR count). The molecule has 0 radical (unpaired) electrons. The van der Waals surface area contributed by atoms with E-state index >= 15 is 0 Å². The zero-order chi connectivity index (χ0) is 11.2. The molecular weight excluding hydrogens is 201 g/mol. The molecule has 2 aliphatic rings. The summed E-state index contributed by atoms with van der Waals surface area (Å²) in [5, 5.41) is 0. The normalized spacial score (nSPS) is 32.1. The van der Waals surface area contributed by atoms with Crippen molar-refractivity contribution in [1.82, 2.24) is 0 Å².